The van der Waals surface area contributed by atoms with Gasteiger partial charge in [0.05, 0.1) is 4.08 Å². The van der Waals surface area contributed by atoms with Crippen molar-refractivity contribution in [1.82, 2.24) is 0 Å². The molecule has 5 fully saturated rings. The highest BCUT2D eigenvalue weighted by molar-refractivity contribution is 8.21. The van der Waals surface area contributed by atoms with Crippen LogP contribution in [0.25, 0.3) is 0 Å². The van der Waals surface area contributed by atoms with Crippen molar-refractivity contribution in [2.45, 2.75) is 70.3 Å². The van der Waals surface area contributed by atoms with E-state index >= 15 is 0 Å². The second kappa shape index (κ2) is 8.96. The predicted octanol–water partition coefficient (Wildman–Crippen LogP) is 4.51. The van der Waals surface area contributed by atoms with Gasteiger partial charge in [-0.25, -0.2) is 9.59 Å². The lowest BCUT2D eigenvalue weighted by Gasteiger charge is -2.63. The first kappa shape index (κ1) is 29.9. The van der Waals surface area contributed by atoms with Gasteiger partial charge in [-0.3, -0.25) is 4.55 Å². The molecular weight excluding hydrogens is 607 g/mol. The summed E-state index contributed by atoms with van der Waals surface area (Å²) in [4.78, 5) is 23.5. The van der Waals surface area contributed by atoms with Gasteiger partial charge in [0.15, 0.2) is 0 Å². The molecule has 1 saturated heterocycles. The van der Waals surface area contributed by atoms with Crippen LogP contribution in [-0.2, 0) is 29.2 Å². The van der Waals surface area contributed by atoms with E-state index in [9.17, 15) is 57.5 Å². The second-order valence-corrected chi connectivity index (χ2v) is 14.5. The molecule has 0 radical (unpaired) electrons. The fourth-order valence-corrected chi connectivity index (χ4v) is 10.4. The third-order valence-corrected chi connectivity index (χ3v) is 12.4. The first-order chi connectivity index (χ1) is 17.1. The summed E-state index contributed by atoms with van der Waals surface area (Å²) in [6, 6.07) is 0. The number of thioether (sulfide) groups is 2. The molecule has 5 aliphatic rings. The van der Waals surface area contributed by atoms with Gasteiger partial charge < -0.3 is 9.47 Å². The molecule has 0 aromatic carbocycles. The van der Waals surface area contributed by atoms with Crippen molar-refractivity contribution < 1.29 is 71.5 Å². The van der Waals surface area contributed by atoms with E-state index in [4.69, 9.17) is 9.29 Å². The van der Waals surface area contributed by atoms with Gasteiger partial charge in [-0.2, -0.15) is 47.9 Å². The zero-order valence-electron chi connectivity index (χ0n) is 18.8. The molecule has 19 heteroatoms. The molecule has 5 rings (SSSR count). The highest BCUT2D eigenvalue weighted by Crippen LogP contribution is 2.71. The number of rotatable bonds is 7. The van der Waals surface area contributed by atoms with Gasteiger partial charge in [-0.1, -0.05) is 0 Å². The average Bonchev–Trinajstić information content (AvgIpc) is 3.18. The molecular formula is C19H19F9O7S3. The number of esters is 2. The molecule has 0 aromatic heterocycles. The summed E-state index contributed by atoms with van der Waals surface area (Å²) >= 11 is 2.46. The Labute approximate surface area is 217 Å². The highest BCUT2D eigenvalue weighted by Gasteiger charge is 2.77. The maximum atomic E-state index is 13.8. The quantitative estimate of drug-likeness (QED) is 0.248. The molecule has 1 spiro atoms. The minimum atomic E-state index is -6.69. The zero-order chi connectivity index (χ0) is 28.7. The number of hydrogen-bond donors (Lipinski definition) is 1. The number of halogens is 9. The Balaban J connectivity index is 1.42. The number of carbonyl (C=O) groups is 2. The highest BCUT2D eigenvalue weighted by atomic mass is 32.2. The summed E-state index contributed by atoms with van der Waals surface area (Å²) in [7, 11) is -6.08. The average molecular weight is 627 g/mol. The van der Waals surface area contributed by atoms with Gasteiger partial charge in [0.2, 0.25) is 0 Å². The van der Waals surface area contributed by atoms with E-state index in [2.05, 4.69) is 4.74 Å². The lowest BCUT2D eigenvalue weighted by molar-refractivity contribution is -0.348. The topological polar surface area (TPSA) is 107 Å². The van der Waals surface area contributed by atoms with Crippen molar-refractivity contribution in [3.05, 3.63) is 0 Å². The lowest BCUT2D eigenvalue weighted by Crippen LogP contribution is -2.62. The molecule has 1 aliphatic heterocycles. The predicted molar refractivity (Wildman–Crippen MR) is 112 cm³/mol. The zero-order valence-corrected chi connectivity index (χ0v) is 21.2. The Kier molecular flexibility index (Phi) is 7.05. The van der Waals surface area contributed by atoms with E-state index < -0.39 is 66.9 Å². The molecule has 4 saturated carbocycles. The van der Waals surface area contributed by atoms with Crippen molar-refractivity contribution in [1.29, 1.82) is 0 Å². The molecule has 7 nitrogen and oxygen atoms in total. The van der Waals surface area contributed by atoms with Crippen LogP contribution in [0.15, 0.2) is 0 Å². The summed E-state index contributed by atoms with van der Waals surface area (Å²) in [5.74, 6) is -18.8. The fraction of sp³-hybridized carbons (Fsp3) is 0.895. The van der Waals surface area contributed by atoms with Crippen molar-refractivity contribution in [2.24, 2.45) is 17.8 Å². The van der Waals surface area contributed by atoms with Gasteiger partial charge in [0.1, 0.15) is 12.2 Å². The van der Waals surface area contributed by atoms with Crippen LogP contribution >= 0.6 is 23.5 Å². The maximum absolute atomic E-state index is 13.8. The number of ether oxygens (including phenoxy) is 2. The van der Waals surface area contributed by atoms with Gasteiger partial charge in [-0.05, 0) is 49.9 Å². The largest absolute Gasteiger partial charge is 0.465 e. The van der Waals surface area contributed by atoms with E-state index in [-0.39, 0.29) is 42.8 Å². The van der Waals surface area contributed by atoms with E-state index in [0.29, 0.717) is 12.8 Å². The third kappa shape index (κ3) is 4.55. The summed E-state index contributed by atoms with van der Waals surface area (Å²) in [5.41, 5.74) is -1.43. The summed E-state index contributed by atoms with van der Waals surface area (Å²) in [5, 5.41) is -5.94. The van der Waals surface area contributed by atoms with Crippen LogP contribution in [-0.4, -0.2) is 75.5 Å². The first-order valence-corrected chi connectivity index (χ1v) is 14.3. The normalized spacial score (nSPS) is 35.5. The first-order valence-electron chi connectivity index (χ1n) is 11.0. The second-order valence-electron chi connectivity index (χ2n) is 9.93. The molecule has 1 N–H and O–H groups in total. The van der Waals surface area contributed by atoms with Gasteiger partial charge in [0.25, 0.3) is 0 Å². The molecule has 4 bridgehead atoms. The number of carbonyl (C=O) groups excluding carboxylic acids is 2. The van der Waals surface area contributed by atoms with Gasteiger partial charge >= 0.3 is 45.3 Å². The van der Waals surface area contributed by atoms with Crippen LogP contribution in [0.1, 0.15) is 32.1 Å². The van der Waals surface area contributed by atoms with Crippen LogP contribution in [0.4, 0.5) is 39.5 Å². The minimum absolute atomic E-state index is 0.0374. The van der Waals surface area contributed by atoms with Crippen molar-refractivity contribution in [3.8, 4) is 0 Å². The molecule has 3 atom stereocenters. The van der Waals surface area contributed by atoms with Crippen LogP contribution < -0.4 is 0 Å². The monoisotopic (exact) mass is 626 g/mol. The lowest BCUT2D eigenvalue weighted by atomic mass is 9.53. The number of alkyl halides is 9. The minimum Gasteiger partial charge on any atom is -0.460 e. The Morgan fingerprint density at radius 3 is 1.97 bits per heavy atom. The fourth-order valence-electron chi connectivity index (χ4n) is 5.97. The van der Waals surface area contributed by atoms with E-state index in [0.717, 1.165) is 11.8 Å². The van der Waals surface area contributed by atoms with Crippen LogP contribution in [0.5, 0.6) is 0 Å². The molecule has 4 aliphatic carbocycles. The summed E-state index contributed by atoms with van der Waals surface area (Å²) in [6.45, 7) is -0.884. The SMILES string of the molecule is O=C(OCC1CSC2(S1)C1CC3CC2CC(OC(=O)C(F)(F)S(=O)(=O)O)(C3)C1)C(F)(F)C(F)(F)C(F)(F)F. The summed E-state index contributed by atoms with van der Waals surface area (Å²) < 4.78 is 157. The van der Waals surface area contributed by atoms with E-state index in [1.807, 2.05) is 0 Å². The summed E-state index contributed by atoms with van der Waals surface area (Å²) in [6.07, 6.45) is -5.34. The van der Waals surface area contributed by atoms with Crippen LogP contribution in [0.3, 0.4) is 0 Å². The van der Waals surface area contributed by atoms with Gasteiger partial charge in [-0.15, -0.1) is 23.5 Å². The Morgan fingerprint density at radius 2 is 1.47 bits per heavy atom. The van der Waals surface area contributed by atoms with E-state index in [1.165, 1.54) is 11.8 Å². The van der Waals surface area contributed by atoms with Crippen LogP contribution in [0, 0.1) is 17.8 Å². The smallest absolute Gasteiger partial charge is 0.460 e. The van der Waals surface area contributed by atoms with Crippen molar-refractivity contribution in [2.75, 3.05) is 12.4 Å². The molecule has 0 amide bonds. The molecule has 218 valence electrons. The Morgan fingerprint density at radius 1 is 0.921 bits per heavy atom. The van der Waals surface area contributed by atoms with E-state index in [1.54, 1.807) is 0 Å². The molecule has 38 heavy (non-hydrogen) atoms. The number of hydrogen-bond acceptors (Lipinski definition) is 8. The molecule has 1 heterocycles. The third-order valence-electron chi connectivity index (χ3n) is 7.39. The Bertz CT molecular complexity index is 1100. The molecule has 0 aromatic rings. The van der Waals surface area contributed by atoms with Crippen molar-refractivity contribution in [3.63, 3.8) is 0 Å². The molecule has 3 unspecified atom stereocenters. The maximum Gasteiger partial charge on any atom is 0.465 e. The Hall–Kier alpha value is -1.08. The standard InChI is InChI=1S/C19H19F9O7S3/c20-16(21,18(24,25)19(26,27)28)12(29)34-6-11-7-36-15(37-11)9-1-8-2-10(15)5-14(3-8,4-9)35-13(30)17(22,23)38(31,32)33/h8-11H,1-7H2,(H,31,32,33). The van der Waals surface area contributed by atoms with Crippen molar-refractivity contribution >= 4 is 45.6 Å². The van der Waals surface area contributed by atoms with Gasteiger partial charge in [0, 0.05) is 11.0 Å². The van der Waals surface area contributed by atoms with Crippen LogP contribution in [0.2, 0.25) is 0 Å².